The first kappa shape index (κ1) is 50.2. The van der Waals surface area contributed by atoms with Gasteiger partial charge in [-0.15, -0.1) is 0 Å². The van der Waals surface area contributed by atoms with Gasteiger partial charge in [-0.2, -0.15) is 0 Å². The number of carbonyl (C=O) groups excluding carboxylic acids is 2. The summed E-state index contributed by atoms with van der Waals surface area (Å²) in [5.74, 6) is -0.579. The molecule has 0 aliphatic carbocycles. The maximum absolute atomic E-state index is 10.8. The van der Waals surface area contributed by atoms with Crippen LogP contribution >= 0.6 is 0 Å². The van der Waals surface area contributed by atoms with Gasteiger partial charge in [-0.25, -0.2) is 16.8 Å². The highest BCUT2D eigenvalue weighted by molar-refractivity contribution is 7.90. The molecule has 214 valence electrons. The highest BCUT2D eigenvalue weighted by Crippen LogP contribution is 2.05. The van der Waals surface area contributed by atoms with E-state index in [0.717, 1.165) is 12.5 Å². The first-order chi connectivity index (χ1) is 15.0. The highest BCUT2D eigenvalue weighted by atomic mass is 32.2. The summed E-state index contributed by atoms with van der Waals surface area (Å²) in [6.45, 7) is 8.75. The third kappa shape index (κ3) is 63.3. The smallest absolute Gasteiger partial charge is 0.302 e. The summed E-state index contributed by atoms with van der Waals surface area (Å²) in [6, 6.07) is 18.6. The molecule has 0 saturated heterocycles. The van der Waals surface area contributed by atoms with Crippen LogP contribution < -0.4 is 5.73 Å². The van der Waals surface area contributed by atoms with Gasteiger partial charge in [0.1, 0.15) is 9.84 Å². The second-order valence-corrected chi connectivity index (χ2v) is 10.5. The van der Waals surface area contributed by atoms with Crippen LogP contribution in [0.5, 0.6) is 0 Å². The molecular formula is C26H51NO7S2. The zero-order valence-electron chi connectivity index (χ0n) is 21.0. The molecule has 0 bridgehead atoms. The van der Waals surface area contributed by atoms with Crippen molar-refractivity contribution in [2.24, 2.45) is 5.73 Å². The number of sulfone groups is 2. The number of hydrogen-bond acceptors (Lipinski definition) is 7. The maximum Gasteiger partial charge on any atom is 0.302 e. The summed E-state index contributed by atoms with van der Waals surface area (Å²) < 4.78 is 45.0. The Morgan fingerprint density at radius 1 is 0.722 bits per heavy atom. The van der Waals surface area contributed by atoms with Crippen LogP contribution in [-0.4, -0.2) is 54.6 Å². The van der Waals surface area contributed by atoms with E-state index in [9.17, 15) is 26.4 Å². The lowest BCUT2D eigenvalue weighted by atomic mass is 10.2. The molecule has 2 aromatic rings. The summed E-state index contributed by atoms with van der Waals surface area (Å²) in [5, 5.41) is 0. The SMILES string of the molecule is C.C.C.CC.CC(N)=O.COC(C)=O.CS(=O)(=O)c1ccccc1.CS(C)(=O)=O.Cc1ccccc1. The minimum absolute atomic E-state index is 0. The number of amides is 1. The Morgan fingerprint density at radius 2 is 0.944 bits per heavy atom. The van der Waals surface area contributed by atoms with Gasteiger partial charge in [0.2, 0.25) is 5.91 Å². The number of rotatable bonds is 1. The number of nitrogens with two attached hydrogens (primary N) is 1. The molecule has 1 amide bonds. The van der Waals surface area contributed by atoms with Crippen LogP contribution in [0.15, 0.2) is 65.6 Å². The fourth-order valence-electron chi connectivity index (χ4n) is 1.20. The average molecular weight is 554 g/mol. The number of methoxy groups -OCH3 is 1. The van der Waals surface area contributed by atoms with Crippen molar-refractivity contribution in [1.82, 2.24) is 0 Å². The molecule has 0 saturated carbocycles. The van der Waals surface area contributed by atoms with Gasteiger partial charge < -0.3 is 10.5 Å². The van der Waals surface area contributed by atoms with Gasteiger partial charge >= 0.3 is 5.97 Å². The lowest BCUT2D eigenvalue weighted by molar-refractivity contribution is -0.137. The molecule has 36 heavy (non-hydrogen) atoms. The van der Waals surface area contributed by atoms with Crippen LogP contribution in [-0.2, 0) is 34.0 Å². The van der Waals surface area contributed by atoms with Gasteiger partial charge in [0, 0.05) is 32.6 Å². The van der Waals surface area contributed by atoms with Gasteiger partial charge in [-0.1, -0.05) is 90.2 Å². The Balaban J connectivity index is -0.0000000584. The van der Waals surface area contributed by atoms with E-state index in [1.165, 1.54) is 32.8 Å². The highest BCUT2D eigenvalue weighted by Gasteiger charge is 2.02. The number of primary amides is 1. The Kier molecular flexibility index (Phi) is 42.3. The van der Waals surface area contributed by atoms with Crippen LogP contribution in [0.3, 0.4) is 0 Å². The van der Waals surface area contributed by atoms with Crippen molar-refractivity contribution in [3.8, 4) is 0 Å². The molecule has 0 aliphatic heterocycles. The van der Waals surface area contributed by atoms with Crippen molar-refractivity contribution in [3.05, 3.63) is 66.2 Å². The summed E-state index contributed by atoms with van der Waals surface area (Å²) in [6.07, 6.45) is 3.52. The molecule has 0 atom stereocenters. The molecule has 0 fully saturated rings. The van der Waals surface area contributed by atoms with E-state index in [1.807, 2.05) is 32.0 Å². The topological polar surface area (TPSA) is 138 Å². The molecule has 2 rings (SSSR count). The number of hydrogen-bond donors (Lipinski definition) is 1. The van der Waals surface area contributed by atoms with E-state index in [4.69, 9.17) is 0 Å². The Hall–Kier alpha value is -2.72. The molecule has 2 aromatic carbocycles. The predicted molar refractivity (Wildman–Crippen MR) is 156 cm³/mol. The Bertz CT molecular complexity index is 932. The van der Waals surface area contributed by atoms with E-state index < -0.39 is 19.7 Å². The molecule has 0 radical (unpaired) electrons. The maximum atomic E-state index is 10.8. The van der Waals surface area contributed by atoms with Crippen molar-refractivity contribution < 1.29 is 31.2 Å². The van der Waals surface area contributed by atoms with Crippen molar-refractivity contribution in [2.75, 3.05) is 25.9 Å². The van der Waals surface area contributed by atoms with E-state index in [2.05, 4.69) is 29.5 Å². The van der Waals surface area contributed by atoms with Crippen molar-refractivity contribution >= 4 is 31.6 Å². The summed E-state index contributed by atoms with van der Waals surface area (Å²) in [4.78, 5) is 19.2. The largest absolute Gasteiger partial charge is 0.469 e. The first-order valence-corrected chi connectivity index (χ1v) is 13.9. The number of ether oxygens (including phenoxy) is 1. The van der Waals surface area contributed by atoms with Gasteiger partial charge in [0.15, 0.2) is 9.84 Å². The van der Waals surface area contributed by atoms with Gasteiger partial charge in [0.05, 0.1) is 12.0 Å². The minimum atomic E-state index is -3.00. The first-order valence-electron chi connectivity index (χ1n) is 9.73. The van der Waals surface area contributed by atoms with Crippen LogP contribution in [0.4, 0.5) is 0 Å². The fourth-order valence-corrected chi connectivity index (χ4v) is 1.85. The van der Waals surface area contributed by atoms with Crippen molar-refractivity contribution in [3.63, 3.8) is 0 Å². The van der Waals surface area contributed by atoms with Crippen LogP contribution in [0, 0.1) is 6.92 Å². The third-order valence-electron chi connectivity index (χ3n) is 2.40. The Morgan fingerprint density at radius 3 is 1.06 bits per heavy atom. The van der Waals surface area contributed by atoms with Gasteiger partial charge in [-0.05, 0) is 19.1 Å². The molecule has 10 heteroatoms. The molecule has 0 aromatic heterocycles. The van der Waals surface area contributed by atoms with Crippen molar-refractivity contribution in [1.29, 1.82) is 0 Å². The van der Waals surface area contributed by atoms with Crippen LogP contribution in [0.25, 0.3) is 0 Å². The summed E-state index contributed by atoms with van der Waals surface area (Å²) in [5.41, 5.74) is 5.79. The van der Waals surface area contributed by atoms with Gasteiger partial charge in [-0.3, -0.25) is 9.59 Å². The number of benzene rings is 2. The average Bonchev–Trinajstić information content (AvgIpc) is 2.69. The molecule has 0 spiro atoms. The molecule has 8 nitrogen and oxygen atoms in total. The minimum Gasteiger partial charge on any atom is -0.469 e. The van der Waals surface area contributed by atoms with E-state index in [-0.39, 0.29) is 34.2 Å². The predicted octanol–water partition coefficient (Wildman–Crippen LogP) is 5.35. The molecule has 0 aliphatic rings. The standard InChI is InChI=1S/C7H8O2S.C7H8.C3H6O2.C2H5NO.C2H6O2S.C2H6.3CH4/c1-10(8,9)7-5-3-2-4-6-7;1-7-5-3-2-4-6-7;1-3(4)5-2;1-2(3)4;1-5(2,3)4;1-2;;;/h2-6H,1H3;2-6H,1H3;1-2H3;1H3,(H2,3,4);1-2H3;1-2H3;3*1H4. The Labute approximate surface area is 222 Å². The van der Waals surface area contributed by atoms with Gasteiger partial charge in [0.25, 0.3) is 0 Å². The van der Waals surface area contributed by atoms with E-state index >= 15 is 0 Å². The number of aryl methyl sites for hydroxylation is 1. The van der Waals surface area contributed by atoms with Crippen LogP contribution in [0.2, 0.25) is 0 Å². The zero-order chi connectivity index (χ0) is 27.1. The molecule has 2 N–H and O–H groups in total. The van der Waals surface area contributed by atoms with Crippen molar-refractivity contribution in [2.45, 2.75) is 61.8 Å². The second kappa shape index (κ2) is 30.3. The molecule has 0 unspecified atom stereocenters. The lowest BCUT2D eigenvalue weighted by Crippen LogP contribution is -2.01. The summed E-state index contributed by atoms with van der Waals surface area (Å²) >= 11 is 0. The second-order valence-electron chi connectivity index (χ2n) is 6.19. The van der Waals surface area contributed by atoms with E-state index in [1.54, 1.807) is 30.3 Å². The molecular weight excluding hydrogens is 502 g/mol. The monoisotopic (exact) mass is 553 g/mol. The lowest BCUT2D eigenvalue weighted by Gasteiger charge is -1.93. The molecule has 0 heterocycles. The number of carbonyl (C=O) groups is 2. The van der Waals surface area contributed by atoms with E-state index in [0.29, 0.717) is 4.90 Å². The zero-order valence-corrected chi connectivity index (χ0v) is 22.7. The fraction of sp³-hybridized carbons (Fsp3) is 0.462. The quantitative estimate of drug-likeness (QED) is 0.470. The van der Waals surface area contributed by atoms with Crippen LogP contribution in [0.1, 0.15) is 55.5 Å². The normalized spacial score (nSPS) is 8.25. The third-order valence-corrected chi connectivity index (χ3v) is 3.53. The number of esters is 1. The summed E-state index contributed by atoms with van der Waals surface area (Å²) in [7, 11) is -4.32.